The van der Waals surface area contributed by atoms with Gasteiger partial charge in [-0.05, 0) is 18.2 Å². The zero-order valence-corrected chi connectivity index (χ0v) is 13.0. The topological polar surface area (TPSA) is 92.9 Å². The number of benzene rings is 1. The molecule has 9 heteroatoms. The number of rotatable bonds is 3. The average Bonchev–Trinajstić information content (AvgIpc) is 2.45. The van der Waals surface area contributed by atoms with Crippen molar-refractivity contribution in [3.8, 4) is 5.75 Å². The molecule has 21 heavy (non-hydrogen) atoms. The second-order valence-electron chi connectivity index (χ2n) is 4.58. The maximum absolute atomic E-state index is 12.5. The average molecular weight is 334 g/mol. The first-order valence-electron chi connectivity index (χ1n) is 6.23. The Balaban J connectivity index is 2.14. The number of hydrogen-bond donors (Lipinski definition) is 1. The predicted molar refractivity (Wildman–Crippen MR) is 78.6 cm³/mol. The van der Waals surface area contributed by atoms with Crippen LogP contribution in [0.5, 0.6) is 5.75 Å². The molecule has 7 nitrogen and oxygen atoms in total. The number of methoxy groups -OCH3 is 1. The lowest BCUT2D eigenvalue weighted by Crippen LogP contribution is -2.52. The second-order valence-corrected chi connectivity index (χ2v) is 6.56. The van der Waals surface area contributed by atoms with Crippen LogP contribution in [0.15, 0.2) is 18.2 Å². The van der Waals surface area contributed by atoms with Crippen LogP contribution in [0, 0.1) is 0 Å². The SMILES string of the molecule is COc1ccc(Cl)cc1C(=O)N1CCN(S(N)(=O)=O)CC1. The Kier molecular flexibility index (Phi) is 4.72. The Labute approximate surface area is 128 Å². The highest BCUT2D eigenvalue weighted by atomic mass is 35.5. The summed E-state index contributed by atoms with van der Waals surface area (Å²) in [5.41, 5.74) is 0.356. The molecule has 1 aliphatic heterocycles. The van der Waals surface area contributed by atoms with Crippen LogP contribution in [0.3, 0.4) is 0 Å². The molecule has 0 bridgehead atoms. The molecule has 0 spiro atoms. The maximum atomic E-state index is 12.5. The van der Waals surface area contributed by atoms with E-state index in [1.54, 1.807) is 17.0 Å². The van der Waals surface area contributed by atoms with E-state index < -0.39 is 10.2 Å². The van der Waals surface area contributed by atoms with E-state index >= 15 is 0 Å². The van der Waals surface area contributed by atoms with E-state index in [0.29, 0.717) is 16.3 Å². The number of nitrogens with two attached hydrogens (primary N) is 1. The van der Waals surface area contributed by atoms with Gasteiger partial charge in [0.2, 0.25) is 0 Å². The molecule has 1 amide bonds. The van der Waals surface area contributed by atoms with E-state index in [2.05, 4.69) is 0 Å². The van der Waals surface area contributed by atoms with E-state index in [-0.39, 0.29) is 32.1 Å². The molecular weight excluding hydrogens is 318 g/mol. The van der Waals surface area contributed by atoms with Crippen molar-refractivity contribution in [2.75, 3.05) is 33.3 Å². The number of carbonyl (C=O) groups is 1. The molecule has 1 heterocycles. The number of carbonyl (C=O) groups excluding carboxylic acids is 1. The number of halogens is 1. The minimum absolute atomic E-state index is 0.174. The van der Waals surface area contributed by atoms with E-state index in [1.807, 2.05) is 0 Å². The van der Waals surface area contributed by atoms with Crippen LogP contribution in [0.1, 0.15) is 10.4 Å². The highest BCUT2D eigenvalue weighted by Gasteiger charge is 2.28. The molecule has 1 saturated heterocycles. The van der Waals surface area contributed by atoms with Crippen LogP contribution in [-0.4, -0.2) is 56.8 Å². The molecule has 1 aliphatic rings. The minimum Gasteiger partial charge on any atom is -0.496 e. The van der Waals surface area contributed by atoms with Crippen LogP contribution in [-0.2, 0) is 10.2 Å². The molecule has 0 saturated carbocycles. The lowest BCUT2D eigenvalue weighted by Gasteiger charge is -2.33. The quantitative estimate of drug-likeness (QED) is 0.861. The molecule has 0 atom stereocenters. The van der Waals surface area contributed by atoms with Gasteiger partial charge in [-0.1, -0.05) is 11.6 Å². The van der Waals surface area contributed by atoms with Crippen molar-refractivity contribution in [1.29, 1.82) is 0 Å². The van der Waals surface area contributed by atoms with Crippen molar-refractivity contribution < 1.29 is 17.9 Å². The first-order chi connectivity index (χ1) is 9.82. The molecule has 0 unspecified atom stereocenters. The Morgan fingerprint density at radius 2 is 1.90 bits per heavy atom. The van der Waals surface area contributed by atoms with Crippen LogP contribution in [0.2, 0.25) is 5.02 Å². The van der Waals surface area contributed by atoms with Crippen molar-refractivity contribution in [1.82, 2.24) is 9.21 Å². The normalized spacial score (nSPS) is 16.8. The van der Waals surface area contributed by atoms with Crippen molar-refractivity contribution >= 4 is 27.7 Å². The van der Waals surface area contributed by atoms with Crippen molar-refractivity contribution in [3.63, 3.8) is 0 Å². The highest BCUT2D eigenvalue weighted by molar-refractivity contribution is 7.86. The summed E-state index contributed by atoms with van der Waals surface area (Å²) in [6, 6.07) is 4.79. The third-order valence-electron chi connectivity index (χ3n) is 3.28. The number of nitrogens with zero attached hydrogens (tertiary/aromatic N) is 2. The van der Waals surface area contributed by atoms with Crippen LogP contribution < -0.4 is 9.88 Å². The van der Waals surface area contributed by atoms with Gasteiger partial charge < -0.3 is 9.64 Å². The smallest absolute Gasteiger partial charge is 0.277 e. The van der Waals surface area contributed by atoms with Gasteiger partial charge in [0, 0.05) is 31.2 Å². The fraction of sp³-hybridized carbons (Fsp3) is 0.417. The first kappa shape index (κ1) is 16.0. The second kappa shape index (κ2) is 6.18. The van der Waals surface area contributed by atoms with Crippen LogP contribution in [0.4, 0.5) is 0 Å². The Morgan fingerprint density at radius 3 is 2.43 bits per heavy atom. The summed E-state index contributed by atoms with van der Waals surface area (Å²) in [6.45, 7) is 0.886. The summed E-state index contributed by atoms with van der Waals surface area (Å²) >= 11 is 5.91. The van der Waals surface area contributed by atoms with Crippen molar-refractivity contribution in [3.05, 3.63) is 28.8 Å². The van der Waals surface area contributed by atoms with Crippen LogP contribution >= 0.6 is 11.6 Å². The Hall–Kier alpha value is -1.35. The largest absolute Gasteiger partial charge is 0.496 e. The molecular formula is C12H16ClN3O4S. The minimum atomic E-state index is -3.71. The van der Waals surface area contributed by atoms with Gasteiger partial charge in [0.05, 0.1) is 12.7 Å². The Morgan fingerprint density at radius 1 is 1.29 bits per heavy atom. The number of amides is 1. The molecule has 0 aliphatic carbocycles. The predicted octanol–water partition coefficient (Wildman–Crippen LogP) is 0.310. The summed E-state index contributed by atoms with van der Waals surface area (Å²) in [7, 11) is -2.24. The van der Waals surface area contributed by atoms with E-state index in [9.17, 15) is 13.2 Å². The van der Waals surface area contributed by atoms with Crippen LogP contribution in [0.25, 0.3) is 0 Å². The monoisotopic (exact) mass is 333 g/mol. The lowest BCUT2D eigenvalue weighted by molar-refractivity contribution is 0.0694. The fourth-order valence-corrected chi connectivity index (χ4v) is 3.01. The third-order valence-corrected chi connectivity index (χ3v) is 4.60. The number of hydrogen-bond acceptors (Lipinski definition) is 4. The summed E-state index contributed by atoms with van der Waals surface area (Å²) in [4.78, 5) is 14.0. The first-order valence-corrected chi connectivity index (χ1v) is 8.11. The molecule has 0 radical (unpaired) electrons. The maximum Gasteiger partial charge on any atom is 0.277 e. The summed E-state index contributed by atoms with van der Waals surface area (Å²) in [5.74, 6) is 0.182. The van der Waals surface area contributed by atoms with Gasteiger partial charge >= 0.3 is 0 Å². The molecule has 2 N–H and O–H groups in total. The molecule has 1 aromatic rings. The van der Waals surface area contributed by atoms with Gasteiger partial charge in [-0.25, -0.2) is 5.14 Å². The van der Waals surface area contributed by atoms with Crippen molar-refractivity contribution in [2.45, 2.75) is 0 Å². The van der Waals surface area contributed by atoms with E-state index in [4.69, 9.17) is 21.5 Å². The highest BCUT2D eigenvalue weighted by Crippen LogP contribution is 2.24. The number of ether oxygens (including phenoxy) is 1. The van der Waals surface area contributed by atoms with Crippen molar-refractivity contribution in [2.24, 2.45) is 5.14 Å². The zero-order valence-electron chi connectivity index (χ0n) is 11.5. The van der Waals surface area contributed by atoms with E-state index in [0.717, 1.165) is 4.31 Å². The molecule has 2 rings (SSSR count). The van der Waals surface area contributed by atoms with Gasteiger partial charge in [0.1, 0.15) is 5.75 Å². The molecule has 1 aromatic carbocycles. The zero-order chi connectivity index (χ0) is 15.6. The lowest BCUT2D eigenvalue weighted by atomic mass is 10.1. The van der Waals surface area contributed by atoms with Gasteiger partial charge in [-0.15, -0.1) is 0 Å². The third kappa shape index (κ3) is 3.65. The Bertz CT molecular complexity index is 642. The molecule has 0 aromatic heterocycles. The van der Waals surface area contributed by atoms with Gasteiger partial charge in [0.25, 0.3) is 16.1 Å². The van der Waals surface area contributed by atoms with Gasteiger partial charge in [-0.2, -0.15) is 12.7 Å². The molecule has 1 fully saturated rings. The summed E-state index contributed by atoms with van der Waals surface area (Å²) in [5, 5.41) is 5.50. The standard InChI is InChI=1S/C12H16ClN3O4S/c1-20-11-3-2-9(13)8-10(11)12(17)15-4-6-16(7-5-15)21(14,18)19/h2-3,8H,4-7H2,1H3,(H2,14,18,19). The van der Waals surface area contributed by atoms with E-state index in [1.165, 1.54) is 13.2 Å². The van der Waals surface area contributed by atoms with Gasteiger partial charge in [-0.3, -0.25) is 4.79 Å². The molecule has 116 valence electrons. The number of piperazine rings is 1. The van der Waals surface area contributed by atoms with Gasteiger partial charge in [0.15, 0.2) is 0 Å². The summed E-state index contributed by atoms with van der Waals surface area (Å²) in [6.07, 6.45) is 0. The fourth-order valence-electron chi connectivity index (χ4n) is 2.16. The summed E-state index contributed by atoms with van der Waals surface area (Å²) < 4.78 is 28.8.